The van der Waals surface area contributed by atoms with Crippen molar-refractivity contribution in [3.63, 3.8) is 0 Å². The molecule has 3 N–H and O–H groups in total. The Bertz CT molecular complexity index is 62.6. The zero-order valence-corrected chi connectivity index (χ0v) is 4.20. The molecule has 0 heterocycles. The number of hydrogen-bond donors (Lipinski definition) is 2. The molecule has 3 nitrogen and oxygen atoms in total. The van der Waals surface area contributed by atoms with Gasteiger partial charge in [0.15, 0.2) is 5.11 Å². The van der Waals surface area contributed by atoms with Gasteiger partial charge in [0.1, 0.15) is 0 Å². The van der Waals surface area contributed by atoms with Crippen LogP contribution in [0.3, 0.4) is 0 Å². The molecule has 6 heavy (non-hydrogen) atoms. The van der Waals surface area contributed by atoms with Crippen molar-refractivity contribution in [3.05, 3.63) is 0 Å². The molecule has 0 spiro atoms. The van der Waals surface area contributed by atoms with Gasteiger partial charge >= 0.3 is 0 Å². The first-order valence-electron chi connectivity index (χ1n) is 1.36. The molecule has 0 atom stereocenters. The van der Waals surface area contributed by atoms with Crippen molar-refractivity contribution in [1.82, 2.24) is 5.06 Å². The van der Waals surface area contributed by atoms with Crippen molar-refractivity contribution in [2.24, 2.45) is 5.73 Å². The van der Waals surface area contributed by atoms with Crippen molar-refractivity contribution in [3.8, 4) is 0 Å². The predicted octanol–water partition coefficient (Wildman–Crippen LogP) is -0.449. The fourth-order valence-electron chi connectivity index (χ4n) is 0. The zero-order valence-electron chi connectivity index (χ0n) is 3.38. The van der Waals surface area contributed by atoms with Crippen LogP contribution in [0.25, 0.3) is 0 Å². The molecule has 0 amide bonds. The summed E-state index contributed by atoms with van der Waals surface area (Å²) in [5.74, 6) is 0. The Balaban J connectivity index is 3.26. The van der Waals surface area contributed by atoms with Crippen LogP contribution in [0.4, 0.5) is 0 Å². The van der Waals surface area contributed by atoms with Gasteiger partial charge < -0.3 is 5.73 Å². The maximum Gasteiger partial charge on any atom is 0.190 e. The first-order valence-corrected chi connectivity index (χ1v) is 1.77. The Morgan fingerprint density at radius 2 is 2.17 bits per heavy atom. The quantitative estimate of drug-likeness (QED) is 0.324. The molecule has 0 unspecified atom stereocenters. The highest BCUT2D eigenvalue weighted by Crippen LogP contribution is 1.66. The number of hydroxylamine groups is 2. The highest BCUT2D eigenvalue weighted by atomic mass is 32.1. The van der Waals surface area contributed by atoms with Crippen LogP contribution in [-0.2, 0) is 0 Å². The summed E-state index contributed by atoms with van der Waals surface area (Å²) in [4.78, 5) is 0. The molecule has 0 bridgehead atoms. The summed E-state index contributed by atoms with van der Waals surface area (Å²) in [6, 6.07) is 0. The lowest BCUT2D eigenvalue weighted by Crippen LogP contribution is -2.27. The second kappa shape index (κ2) is 1.94. The number of hydrogen-bond acceptors (Lipinski definition) is 2. The van der Waals surface area contributed by atoms with Crippen molar-refractivity contribution in [2.45, 2.75) is 0 Å². The van der Waals surface area contributed by atoms with Crippen LogP contribution in [0, 0.1) is 0 Å². The third-order valence-corrected chi connectivity index (χ3v) is 0.583. The molecule has 0 aliphatic heterocycles. The SMILES string of the molecule is CN(O)C(N)=S. The van der Waals surface area contributed by atoms with Crippen LogP contribution in [0.5, 0.6) is 0 Å². The van der Waals surface area contributed by atoms with Crippen LogP contribution in [0.1, 0.15) is 0 Å². The lowest BCUT2D eigenvalue weighted by atomic mass is 11.1. The van der Waals surface area contributed by atoms with Gasteiger partial charge in [0, 0.05) is 7.05 Å². The lowest BCUT2D eigenvalue weighted by molar-refractivity contribution is 0.0152. The number of rotatable bonds is 0. The largest absolute Gasteiger partial charge is 0.374 e. The number of nitrogens with zero attached hydrogens (tertiary/aromatic N) is 1. The molecular formula is C2H6N2OS. The van der Waals surface area contributed by atoms with Crippen LogP contribution in [-0.4, -0.2) is 22.4 Å². The third kappa shape index (κ3) is 1.92. The minimum absolute atomic E-state index is 0.0185. The van der Waals surface area contributed by atoms with E-state index < -0.39 is 0 Å². The van der Waals surface area contributed by atoms with E-state index in [0.29, 0.717) is 5.06 Å². The van der Waals surface area contributed by atoms with Crippen LogP contribution < -0.4 is 5.73 Å². The second-order valence-electron chi connectivity index (χ2n) is 0.862. The molecule has 0 radical (unpaired) electrons. The molecule has 0 aliphatic rings. The van der Waals surface area contributed by atoms with E-state index >= 15 is 0 Å². The van der Waals surface area contributed by atoms with Gasteiger partial charge in [0.05, 0.1) is 0 Å². The molecule has 0 aromatic heterocycles. The summed E-state index contributed by atoms with van der Waals surface area (Å²) in [7, 11) is 1.36. The standard InChI is InChI=1S/C2H6N2OS/c1-4(5)2(3)6/h5H,1H3,(H2,3,6). The van der Waals surface area contributed by atoms with Gasteiger partial charge in [0.25, 0.3) is 0 Å². The zero-order chi connectivity index (χ0) is 5.15. The fourth-order valence-corrected chi connectivity index (χ4v) is 0. The van der Waals surface area contributed by atoms with E-state index in [1.807, 2.05) is 0 Å². The van der Waals surface area contributed by atoms with Gasteiger partial charge in [-0.3, -0.25) is 5.21 Å². The molecule has 36 valence electrons. The monoisotopic (exact) mass is 106 g/mol. The summed E-state index contributed by atoms with van der Waals surface area (Å²) < 4.78 is 0. The van der Waals surface area contributed by atoms with E-state index in [9.17, 15) is 0 Å². The fraction of sp³-hybridized carbons (Fsp3) is 0.500. The van der Waals surface area contributed by atoms with E-state index in [1.165, 1.54) is 7.05 Å². The summed E-state index contributed by atoms with van der Waals surface area (Å²) >= 11 is 4.27. The Labute approximate surface area is 41.3 Å². The smallest absolute Gasteiger partial charge is 0.190 e. The topological polar surface area (TPSA) is 49.5 Å². The average molecular weight is 106 g/mol. The van der Waals surface area contributed by atoms with Crippen molar-refractivity contribution in [1.29, 1.82) is 0 Å². The Kier molecular flexibility index (Phi) is 1.83. The van der Waals surface area contributed by atoms with Crippen molar-refractivity contribution < 1.29 is 5.21 Å². The summed E-state index contributed by atoms with van der Waals surface area (Å²) in [6.45, 7) is 0. The molecule has 0 fully saturated rings. The highest BCUT2D eigenvalue weighted by Gasteiger charge is 1.85. The summed E-state index contributed by atoms with van der Waals surface area (Å²) in [6.07, 6.45) is 0. The molecular weight excluding hydrogens is 100 g/mol. The second-order valence-corrected chi connectivity index (χ2v) is 1.28. The van der Waals surface area contributed by atoms with Crippen molar-refractivity contribution in [2.75, 3.05) is 7.05 Å². The van der Waals surface area contributed by atoms with Gasteiger partial charge in [-0.15, -0.1) is 0 Å². The van der Waals surface area contributed by atoms with E-state index in [-0.39, 0.29) is 5.11 Å². The van der Waals surface area contributed by atoms with Gasteiger partial charge in [-0.1, -0.05) is 0 Å². The van der Waals surface area contributed by atoms with Crippen LogP contribution in [0.2, 0.25) is 0 Å². The number of nitrogens with two attached hydrogens (primary N) is 1. The molecule has 0 rings (SSSR count). The first kappa shape index (κ1) is 5.65. The van der Waals surface area contributed by atoms with E-state index in [0.717, 1.165) is 0 Å². The van der Waals surface area contributed by atoms with Crippen molar-refractivity contribution >= 4 is 17.3 Å². The first-order chi connectivity index (χ1) is 2.64. The average Bonchev–Trinajstić information content (AvgIpc) is 1.36. The van der Waals surface area contributed by atoms with Crippen LogP contribution in [0.15, 0.2) is 0 Å². The minimum atomic E-state index is -0.0185. The maximum atomic E-state index is 8.20. The van der Waals surface area contributed by atoms with E-state index in [2.05, 4.69) is 12.2 Å². The normalized spacial score (nSPS) is 7.67. The maximum absolute atomic E-state index is 8.20. The van der Waals surface area contributed by atoms with Gasteiger partial charge in [-0.05, 0) is 12.2 Å². The van der Waals surface area contributed by atoms with Gasteiger partial charge in [-0.25, -0.2) is 5.06 Å². The molecule has 0 saturated carbocycles. The molecule has 0 saturated heterocycles. The lowest BCUT2D eigenvalue weighted by Gasteiger charge is -2.03. The number of thiocarbonyl (C=S) groups is 1. The van der Waals surface area contributed by atoms with Crippen LogP contribution >= 0.6 is 12.2 Å². The molecule has 0 aliphatic carbocycles. The Morgan fingerprint density at radius 1 is 2.00 bits per heavy atom. The summed E-state index contributed by atoms with van der Waals surface area (Å²) in [5.41, 5.74) is 4.84. The summed E-state index contributed by atoms with van der Waals surface area (Å²) in [5, 5.41) is 8.85. The van der Waals surface area contributed by atoms with E-state index in [1.54, 1.807) is 0 Å². The third-order valence-electron chi connectivity index (χ3n) is 0.319. The molecule has 4 heteroatoms. The molecule has 0 aromatic rings. The Morgan fingerprint density at radius 3 is 2.17 bits per heavy atom. The predicted molar refractivity (Wildman–Crippen MR) is 26.3 cm³/mol. The van der Waals surface area contributed by atoms with Gasteiger partial charge in [-0.2, -0.15) is 0 Å². The van der Waals surface area contributed by atoms with E-state index in [4.69, 9.17) is 10.9 Å². The van der Waals surface area contributed by atoms with Gasteiger partial charge in [0.2, 0.25) is 0 Å². The molecule has 0 aromatic carbocycles. The Hall–Kier alpha value is -0.350. The minimum Gasteiger partial charge on any atom is -0.374 e. The highest BCUT2D eigenvalue weighted by molar-refractivity contribution is 7.80.